The van der Waals surface area contributed by atoms with Crippen molar-refractivity contribution in [2.45, 2.75) is 0 Å². The van der Waals surface area contributed by atoms with E-state index in [9.17, 15) is 17.6 Å². The van der Waals surface area contributed by atoms with Gasteiger partial charge >= 0.3 is 0 Å². The molecular weight excluding hydrogens is 209 g/mol. The number of hydrogen-bond acceptors (Lipinski definition) is 3. The molecule has 1 aromatic carbocycles. The van der Waals surface area contributed by atoms with E-state index in [4.69, 9.17) is 0 Å². The van der Waals surface area contributed by atoms with Gasteiger partial charge < -0.3 is 0 Å². The third-order valence-corrected chi connectivity index (χ3v) is 1.97. The number of aldehydes is 1. The second-order valence-corrected chi connectivity index (χ2v) is 4.51. The van der Waals surface area contributed by atoms with Crippen molar-refractivity contribution in [3.8, 4) is 0 Å². The number of benzene rings is 1. The van der Waals surface area contributed by atoms with E-state index < -0.39 is 15.8 Å². The van der Waals surface area contributed by atoms with Gasteiger partial charge in [0.15, 0.2) is 0 Å². The Hall–Kier alpha value is -1.43. The summed E-state index contributed by atoms with van der Waals surface area (Å²) >= 11 is 0. The van der Waals surface area contributed by atoms with E-state index in [1.54, 1.807) is 0 Å². The summed E-state index contributed by atoms with van der Waals surface area (Å²) in [7, 11) is -3.45. The summed E-state index contributed by atoms with van der Waals surface area (Å²) in [5, 5.41) is 0. The van der Waals surface area contributed by atoms with E-state index >= 15 is 0 Å². The lowest BCUT2D eigenvalue weighted by Crippen LogP contribution is -2.09. The smallest absolute Gasteiger partial charge is 0.229 e. The summed E-state index contributed by atoms with van der Waals surface area (Å²) in [6.07, 6.45) is 1.38. The van der Waals surface area contributed by atoms with E-state index in [1.165, 1.54) is 6.07 Å². The summed E-state index contributed by atoms with van der Waals surface area (Å²) < 4.78 is 36.4. The molecule has 14 heavy (non-hydrogen) atoms. The summed E-state index contributed by atoms with van der Waals surface area (Å²) in [6.45, 7) is 0. The lowest BCUT2D eigenvalue weighted by atomic mass is 10.2. The topological polar surface area (TPSA) is 63.2 Å². The molecule has 0 saturated carbocycles. The van der Waals surface area contributed by atoms with E-state index in [-0.39, 0.29) is 11.3 Å². The molecule has 0 unspecified atom stereocenters. The molecule has 0 saturated heterocycles. The van der Waals surface area contributed by atoms with Crippen LogP contribution in [0.5, 0.6) is 0 Å². The molecule has 4 nitrogen and oxygen atoms in total. The van der Waals surface area contributed by atoms with Crippen LogP contribution < -0.4 is 4.72 Å². The van der Waals surface area contributed by atoms with Crippen LogP contribution in [0.15, 0.2) is 18.2 Å². The Balaban J connectivity index is 3.10. The zero-order valence-corrected chi connectivity index (χ0v) is 8.14. The van der Waals surface area contributed by atoms with Gasteiger partial charge in [-0.1, -0.05) is 0 Å². The average Bonchev–Trinajstić information content (AvgIpc) is 1.99. The Morgan fingerprint density at radius 2 is 2.00 bits per heavy atom. The molecule has 0 atom stereocenters. The molecule has 0 fully saturated rings. The predicted molar refractivity (Wildman–Crippen MR) is 50.3 cm³/mol. The molecule has 6 heteroatoms. The fraction of sp³-hybridized carbons (Fsp3) is 0.125. The normalized spacial score (nSPS) is 11.0. The largest absolute Gasteiger partial charge is 0.298 e. The van der Waals surface area contributed by atoms with Crippen LogP contribution in [-0.4, -0.2) is 21.0 Å². The lowest BCUT2D eigenvalue weighted by molar-refractivity contribution is 0.112. The van der Waals surface area contributed by atoms with Crippen molar-refractivity contribution in [3.63, 3.8) is 0 Å². The van der Waals surface area contributed by atoms with Crippen molar-refractivity contribution in [1.82, 2.24) is 0 Å². The Bertz CT molecular complexity index is 456. The maximum atomic E-state index is 12.8. The highest BCUT2D eigenvalue weighted by molar-refractivity contribution is 7.92. The molecule has 0 amide bonds. The van der Waals surface area contributed by atoms with Crippen molar-refractivity contribution in [2.24, 2.45) is 0 Å². The number of nitrogens with one attached hydrogen (secondary N) is 1. The highest BCUT2D eigenvalue weighted by Crippen LogP contribution is 2.13. The summed E-state index contributed by atoms with van der Waals surface area (Å²) in [6, 6.07) is 3.26. The first-order chi connectivity index (χ1) is 6.40. The van der Waals surface area contributed by atoms with E-state index in [2.05, 4.69) is 4.72 Å². The van der Waals surface area contributed by atoms with Gasteiger partial charge in [0.1, 0.15) is 12.1 Å². The minimum Gasteiger partial charge on any atom is -0.298 e. The van der Waals surface area contributed by atoms with Crippen LogP contribution in [0.2, 0.25) is 0 Å². The summed E-state index contributed by atoms with van der Waals surface area (Å²) in [4.78, 5) is 10.3. The monoisotopic (exact) mass is 217 g/mol. The van der Waals surface area contributed by atoms with Crippen LogP contribution in [0.25, 0.3) is 0 Å². The highest BCUT2D eigenvalue weighted by atomic mass is 32.2. The molecule has 0 aliphatic rings. The molecule has 0 radical (unpaired) electrons. The molecule has 0 aliphatic carbocycles. The number of halogens is 1. The fourth-order valence-electron chi connectivity index (χ4n) is 0.953. The minimum absolute atomic E-state index is 0.0367. The molecule has 1 rings (SSSR count). The van der Waals surface area contributed by atoms with Gasteiger partial charge in [-0.25, -0.2) is 12.8 Å². The van der Waals surface area contributed by atoms with Crippen molar-refractivity contribution in [3.05, 3.63) is 29.6 Å². The second-order valence-electron chi connectivity index (χ2n) is 2.77. The number of carbonyl (C=O) groups is 1. The van der Waals surface area contributed by atoms with Gasteiger partial charge in [0.05, 0.1) is 11.9 Å². The molecule has 1 aromatic rings. The van der Waals surface area contributed by atoms with Crippen molar-refractivity contribution >= 4 is 22.0 Å². The zero-order valence-electron chi connectivity index (χ0n) is 7.32. The van der Waals surface area contributed by atoms with Gasteiger partial charge in [-0.15, -0.1) is 0 Å². The summed E-state index contributed by atoms with van der Waals surface area (Å²) in [5.41, 5.74) is 0.116. The molecule has 0 aliphatic heterocycles. The maximum Gasteiger partial charge on any atom is 0.229 e. The quantitative estimate of drug-likeness (QED) is 0.768. The first-order valence-electron chi connectivity index (χ1n) is 3.64. The van der Waals surface area contributed by atoms with E-state index in [1.807, 2.05) is 0 Å². The number of anilines is 1. The molecular formula is C8H8FNO3S. The van der Waals surface area contributed by atoms with Crippen molar-refractivity contribution in [2.75, 3.05) is 11.0 Å². The van der Waals surface area contributed by atoms with Gasteiger partial charge in [-0.2, -0.15) is 0 Å². The highest BCUT2D eigenvalue weighted by Gasteiger charge is 2.04. The number of rotatable bonds is 3. The van der Waals surface area contributed by atoms with Crippen LogP contribution >= 0.6 is 0 Å². The predicted octanol–water partition coefficient (Wildman–Crippen LogP) is 1.01. The molecule has 0 spiro atoms. The van der Waals surface area contributed by atoms with Crippen LogP contribution in [0.1, 0.15) is 10.4 Å². The zero-order chi connectivity index (χ0) is 10.8. The second kappa shape index (κ2) is 3.75. The SMILES string of the molecule is CS(=O)(=O)Nc1cc(F)cc(C=O)c1. The first kappa shape index (κ1) is 10.6. The molecule has 1 N–H and O–H groups in total. The molecule has 0 heterocycles. The molecule has 0 bridgehead atoms. The maximum absolute atomic E-state index is 12.8. The molecule has 76 valence electrons. The first-order valence-corrected chi connectivity index (χ1v) is 5.53. The Morgan fingerprint density at radius 1 is 1.36 bits per heavy atom. The fourth-order valence-corrected chi connectivity index (χ4v) is 1.50. The van der Waals surface area contributed by atoms with Gasteiger partial charge in [-0.3, -0.25) is 9.52 Å². The minimum atomic E-state index is -3.45. The Kier molecular flexibility index (Phi) is 2.85. The third-order valence-electron chi connectivity index (χ3n) is 1.36. The molecule has 0 aromatic heterocycles. The van der Waals surface area contributed by atoms with Crippen LogP contribution in [0.3, 0.4) is 0 Å². The standard InChI is InChI=1S/C8H8FNO3S/c1-14(12,13)10-8-3-6(5-11)2-7(9)4-8/h2-5,10H,1H3. The number of hydrogen-bond donors (Lipinski definition) is 1. The Morgan fingerprint density at radius 3 is 2.50 bits per heavy atom. The van der Waals surface area contributed by atoms with E-state index in [0.29, 0.717) is 6.29 Å². The van der Waals surface area contributed by atoms with Crippen LogP contribution in [0, 0.1) is 5.82 Å². The van der Waals surface area contributed by atoms with Crippen molar-refractivity contribution < 1.29 is 17.6 Å². The number of carbonyl (C=O) groups excluding carboxylic acids is 1. The van der Waals surface area contributed by atoms with E-state index in [0.717, 1.165) is 18.4 Å². The van der Waals surface area contributed by atoms with Gasteiger partial charge in [0.2, 0.25) is 10.0 Å². The van der Waals surface area contributed by atoms with Gasteiger partial charge in [0.25, 0.3) is 0 Å². The average molecular weight is 217 g/mol. The number of sulfonamides is 1. The third kappa shape index (κ3) is 3.14. The van der Waals surface area contributed by atoms with Crippen LogP contribution in [-0.2, 0) is 10.0 Å². The van der Waals surface area contributed by atoms with Gasteiger partial charge in [0, 0.05) is 5.56 Å². The lowest BCUT2D eigenvalue weighted by Gasteiger charge is -2.04. The Labute approximate surface area is 80.8 Å². The summed E-state index contributed by atoms with van der Waals surface area (Å²) in [5.74, 6) is -0.666. The van der Waals surface area contributed by atoms with Crippen LogP contribution in [0.4, 0.5) is 10.1 Å². The van der Waals surface area contributed by atoms with Crippen molar-refractivity contribution in [1.29, 1.82) is 0 Å². The van der Waals surface area contributed by atoms with Gasteiger partial charge in [-0.05, 0) is 18.2 Å².